The van der Waals surface area contributed by atoms with Crippen molar-refractivity contribution in [3.63, 3.8) is 0 Å². The zero-order chi connectivity index (χ0) is 11.1. The Bertz CT molecular complexity index is 253. The third kappa shape index (κ3) is 3.20. The molecule has 0 bridgehead atoms. The van der Waals surface area contributed by atoms with Crippen molar-refractivity contribution in [3.8, 4) is 0 Å². The summed E-state index contributed by atoms with van der Waals surface area (Å²) in [6.07, 6.45) is 1.30. The number of hydrogen-bond acceptors (Lipinski definition) is 4. The number of rotatable bonds is 4. The first-order valence-electron chi connectivity index (χ1n) is 4.44. The Morgan fingerprint density at radius 3 is 1.93 bits per heavy atom. The maximum absolute atomic E-state index is 11.3. The van der Waals surface area contributed by atoms with Crippen LogP contribution in [0.4, 0.5) is 0 Å². The number of esters is 2. The minimum Gasteiger partial charge on any atom is -0.466 e. The van der Waals surface area contributed by atoms with Crippen LogP contribution in [0.5, 0.6) is 0 Å². The van der Waals surface area contributed by atoms with Crippen LogP contribution in [-0.4, -0.2) is 26.2 Å². The molecule has 0 aromatic heterocycles. The molecule has 0 fully saturated rings. The number of carbonyl (C=O) groups excluding carboxylic acids is 2. The lowest BCUT2D eigenvalue weighted by Gasteiger charge is -2.07. The van der Waals surface area contributed by atoms with E-state index >= 15 is 0 Å². The van der Waals surface area contributed by atoms with Gasteiger partial charge in [0.05, 0.1) is 14.2 Å². The van der Waals surface area contributed by atoms with Crippen LogP contribution in [0.15, 0.2) is 11.1 Å². The summed E-state index contributed by atoms with van der Waals surface area (Å²) in [4.78, 5) is 22.4. The first-order chi connectivity index (χ1) is 6.58. The fraction of sp³-hybridized carbons (Fsp3) is 0.600. The van der Waals surface area contributed by atoms with Crippen LogP contribution in [0.25, 0.3) is 0 Å². The van der Waals surface area contributed by atoms with Gasteiger partial charge >= 0.3 is 11.9 Å². The number of hydrogen-bond donors (Lipinski definition) is 0. The van der Waals surface area contributed by atoms with Crippen molar-refractivity contribution < 1.29 is 19.1 Å². The summed E-state index contributed by atoms with van der Waals surface area (Å²) < 4.78 is 9.11. The quantitative estimate of drug-likeness (QED) is 0.509. The topological polar surface area (TPSA) is 52.6 Å². The lowest BCUT2D eigenvalue weighted by molar-refractivity contribution is -0.139. The van der Waals surface area contributed by atoms with Crippen LogP contribution in [0, 0.1) is 0 Å². The third-order valence-electron chi connectivity index (χ3n) is 1.88. The van der Waals surface area contributed by atoms with Gasteiger partial charge in [0.1, 0.15) is 0 Å². The smallest absolute Gasteiger partial charge is 0.334 e. The van der Waals surface area contributed by atoms with E-state index in [9.17, 15) is 9.59 Å². The zero-order valence-electron chi connectivity index (χ0n) is 9.05. The van der Waals surface area contributed by atoms with Crippen LogP contribution in [0.2, 0.25) is 0 Å². The lowest BCUT2D eigenvalue weighted by Crippen LogP contribution is -2.12. The van der Waals surface area contributed by atoms with Gasteiger partial charge in [-0.3, -0.25) is 0 Å². The Labute approximate surface area is 83.9 Å². The molecule has 0 saturated heterocycles. The average Bonchev–Trinajstić information content (AvgIpc) is 2.22. The maximum Gasteiger partial charge on any atom is 0.334 e. The Balaban J connectivity index is 4.93. The van der Waals surface area contributed by atoms with Gasteiger partial charge in [-0.15, -0.1) is 0 Å². The molecule has 0 atom stereocenters. The van der Waals surface area contributed by atoms with E-state index < -0.39 is 11.9 Å². The predicted octanol–water partition coefficient (Wildman–Crippen LogP) is 1.45. The van der Waals surface area contributed by atoms with Crippen molar-refractivity contribution in [2.24, 2.45) is 0 Å². The first-order valence-corrected chi connectivity index (χ1v) is 4.44. The molecule has 0 spiro atoms. The van der Waals surface area contributed by atoms with Gasteiger partial charge in [-0.05, 0) is 13.3 Å². The van der Waals surface area contributed by atoms with Gasteiger partial charge in [-0.2, -0.15) is 0 Å². The normalized spacial score (nSPS) is 11.7. The standard InChI is InChI=1S/C10H16O4/c1-5-6-8(10(12)14-4)7(2)9(11)13-3/h5-6H2,1-4H3. The minimum atomic E-state index is -0.487. The maximum atomic E-state index is 11.3. The average molecular weight is 200 g/mol. The van der Waals surface area contributed by atoms with E-state index in [1.165, 1.54) is 14.2 Å². The molecule has 0 aromatic carbocycles. The molecular weight excluding hydrogens is 184 g/mol. The van der Waals surface area contributed by atoms with E-state index in [-0.39, 0.29) is 0 Å². The molecule has 0 aliphatic heterocycles. The summed E-state index contributed by atoms with van der Waals surface area (Å²) in [5.41, 5.74) is 0.711. The summed E-state index contributed by atoms with van der Waals surface area (Å²) in [7, 11) is 2.58. The van der Waals surface area contributed by atoms with E-state index in [0.717, 1.165) is 6.42 Å². The molecule has 80 valence electrons. The Kier molecular flexibility index (Phi) is 5.60. The highest BCUT2D eigenvalue weighted by atomic mass is 16.5. The molecule has 0 saturated carbocycles. The SMILES string of the molecule is CCCC(C(=O)OC)=C(C)C(=O)OC. The fourth-order valence-electron chi connectivity index (χ4n) is 1.09. The largest absolute Gasteiger partial charge is 0.466 e. The van der Waals surface area contributed by atoms with E-state index in [0.29, 0.717) is 17.6 Å². The highest BCUT2D eigenvalue weighted by Crippen LogP contribution is 2.13. The second kappa shape index (κ2) is 6.18. The van der Waals surface area contributed by atoms with Crippen LogP contribution >= 0.6 is 0 Å². The summed E-state index contributed by atoms with van der Waals surface area (Å²) in [5.74, 6) is -0.950. The molecular formula is C10H16O4. The van der Waals surface area contributed by atoms with Crippen LogP contribution < -0.4 is 0 Å². The van der Waals surface area contributed by atoms with E-state index in [2.05, 4.69) is 9.47 Å². The second-order valence-corrected chi connectivity index (χ2v) is 2.84. The van der Waals surface area contributed by atoms with Crippen molar-refractivity contribution in [1.29, 1.82) is 0 Å². The molecule has 0 rings (SSSR count). The minimum absolute atomic E-state index is 0.321. The van der Waals surface area contributed by atoms with Gasteiger partial charge in [0.25, 0.3) is 0 Å². The zero-order valence-corrected chi connectivity index (χ0v) is 9.05. The second-order valence-electron chi connectivity index (χ2n) is 2.84. The Morgan fingerprint density at radius 2 is 1.57 bits per heavy atom. The molecule has 0 N–H and O–H groups in total. The van der Waals surface area contributed by atoms with Crippen molar-refractivity contribution in [2.45, 2.75) is 26.7 Å². The Hall–Kier alpha value is -1.32. The van der Waals surface area contributed by atoms with Crippen molar-refractivity contribution >= 4 is 11.9 Å². The summed E-state index contributed by atoms with van der Waals surface area (Å²) in [6, 6.07) is 0. The number of carbonyl (C=O) groups is 2. The molecule has 4 nitrogen and oxygen atoms in total. The molecule has 0 amide bonds. The predicted molar refractivity (Wildman–Crippen MR) is 51.6 cm³/mol. The van der Waals surface area contributed by atoms with Crippen molar-refractivity contribution in [3.05, 3.63) is 11.1 Å². The van der Waals surface area contributed by atoms with E-state index in [1.54, 1.807) is 6.92 Å². The summed E-state index contributed by atoms with van der Waals surface area (Å²) >= 11 is 0. The molecule has 0 aliphatic rings. The molecule has 4 heteroatoms. The molecule has 0 aliphatic carbocycles. The highest BCUT2D eigenvalue weighted by Gasteiger charge is 2.17. The van der Waals surface area contributed by atoms with E-state index in [1.807, 2.05) is 6.92 Å². The first kappa shape index (κ1) is 12.7. The summed E-state index contributed by atoms with van der Waals surface area (Å²) in [5, 5.41) is 0. The van der Waals surface area contributed by atoms with Gasteiger partial charge in [-0.25, -0.2) is 9.59 Å². The van der Waals surface area contributed by atoms with Gasteiger partial charge in [0, 0.05) is 11.1 Å². The van der Waals surface area contributed by atoms with Gasteiger partial charge < -0.3 is 9.47 Å². The third-order valence-corrected chi connectivity index (χ3v) is 1.88. The van der Waals surface area contributed by atoms with Crippen molar-refractivity contribution in [2.75, 3.05) is 14.2 Å². The van der Waals surface area contributed by atoms with Crippen LogP contribution in [-0.2, 0) is 19.1 Å². The number of ether oxygens (including phenoxy) is 2. The van der Waals surface area contributed by atoms with Gasteiger partial charge in [0.15, 0.2) is 0 Å². The van der Waals surface area contributed by atoms with Crippen LogP contribution in [0.1, 0.15) is 26.7 Å². The molecule has 0 heterocycles. The highest BCUT2D eigenvalue weighted by molar-refractivity contribution is 5.99. The molecule has 0 radical (unpaired) electrons. The monoisotopic (exact) mass is 200 g/mol. The number of methoxy groups -OCH3 is 2. The van der Waals surface area contributed by atoms with Crippen molar-refractivity contribution in [1.82, 2.24) is 0 Å². The Morgan fingerprint density at radius 1 is 1.07 bits per heavy atom. The van der Waals surface area contributed by atoms with Gasteiger partial charge in [-0.1, -0.05) is 13.3 Å². The van der Waals surface area contributed by atoms with E-state index in [4.69, 9.17) is 0 Å². The lowest BCUT2D eigenvalue weighted by atomic mass is 10.1. The molecule has 0 unspecified atom stereocenters. The van der Waals surface area contributed by atoms with Gasteiger partial charge in [0.2, 0.25) is 0 Å². The fourth-order valence-corrected chi connectivity index (χ4v) is 1.09. The summed E-state index contributed by atoms with van der Waals surface area (Å²) in [6.45, 7) is 3.49. The molecule has 14 heavy (non-hydrogen) atoms. The van der Waals surface area contributed by atoms with Crippen LogP contribution in [0.3, 0.4) is 0 Å². The molecule has 0 aromatic rings.